The number of benzene rings is 12. The number of anilines is 6. The summed E-state index contributed by atoms with van der Waals surface area (Å²) in [6, 6.07) is 98.8. The van der Waals surface area contributed by atoms with Crippen LogP contribution in [-0.2, 0) is 0 Å². The van der Waals surface area contributed by atoms with Gasteiger partial charge in [-0.2, -0.15) is 0 Å². The zero-order valence-corrected chi connectivity index (χ0v) is 39.3. The Hall–Kier alpha value is -9.38. The highest BCUT2D eigenvalue weighted by molar-refractivity contribution is 7.03. The standard InChI is InChI=1S/C68H44BN3/c1-4-16-45(17-5-1)47-28-35-54(36-29-47)71-61-40-33-49-20-10-12-24-56(49)66(61)69-67-57-25-13-11-21-50(57)34-41-62(67)72(55-37-30-48(31-38-55)46-18-6-2-7-19-46)65-44-52(43-64(71)68(65)69)51-32-39-59-58-26-14-15-27-60(58)70(63(59)42-51)53-22-8-3-9-23-53/h1-44H. The summed E-state index contributed by atoms with van der Waals surface area (Å²) in [5.74, 6) is 0. The second-order valence-electron chi connectivity index (χ2n) is 19.2. The summed E-state index contributed by atoms with van der Waals surface area (Å²) in [7, 11) is 0. The van der Waals surface area contributed by atoms with Crippen LogP contribution in [0.5, 0.6) is 0 Å². The highest BCUT2D eigenvalue weighted by atomic mass is 15.2. The lowest BCUT2D eigenvalue weighted by Gasteiger charge is -2.45. The Morgan fingerprint density at radius 1 is 0.236 bits per heavy atom. The maximum Gasteiger partial charge on any atom is 0.253 e. The van der Waals surface area contributed by atoms with Crippen LogP contribution in [0.25, 0.3) is 82.4 Å². The van der Waals surface area contributed by atoms with E-state index in [0.717, 1.165) is 28.2 Å². The number of hydrogen-bond acceptors (Lipinski definition) is 2. The second kappa shape index (κ2) is 16.1. The fourth-order valence-corrected chi connectivity index (χ4v) is 12.1. The van der Waals surface area contributed by atoms with Crippen molar-refractivity contribution in [1.29, 1.82) is 0 Å². The lowest BCUT2D eigenvalue weighted by Crippen LogP contribution is -2.61. The molecule has 0 aliphatic carbocycles. The topological polar surface area (TPSA) is 11.4 Å². The molecule has 0 unspecified atom stereocenters. The van der Waals surface area contributed by atoms with Gasteiger partial charge in [-0.25, -0.2) is 0 Å². The Bertz CT molecular complexity index is 4060. The van der Waals surface area contributed by atoms with E-state index in [1.165, 1.54) is 105 Å². The number of rotatable bonds is 6. The first kappa shape index (κ1) is 40.5. The van der Waals surface area contributed by atoms with E-state index in [-0.39, 0.29) is 6.71 Å². The predicted octanol–water partition coefficient (Wildman–Crippen LogP) is 16.2. The van der Waals surface area contributed by atoms with Gasteiger partial charge in [0.05, 0.1) is 11.0 Å². The summed E-state index contributed by atoms with van der Waals surface area (Å²) in [6.45, 7) is -0.0750. The summed E-state index contributed by atoms with van der Waals surface area (Å²) in [4.78, 5) is 5.11. The molecule has 13 aromatic rings. The Morgan fingerprint density at radius 2 is 0.667 bits per heavy atom. The molecule has 0 saturated heterocycles. The quantitative estimate of drug-likeness (QED) is 0.154. The van der Waals surface area contributed by atoms with Crippen LogP contribution in [0.15, 0.2) is 267 Å². The van der Waals surface area contributed by atoms with Gasteiger partial charge in [-0.3, -0.25) is 0 Å². The van der Waals surface area contributed by atoms with Crippen LogP contribution in [0.1, 0.15) is 0 Å². The zero-order chi connectivity index (χ0) is 47.3. The van der Waals surface area contributed by atoms with Crippen molar-refractivity contribution in [2.24, 2.45) is 0 Å². The van der Waals surface area contributed by atoms with E-state index in [9.17, 15) is 0 Å². The first-order valence-electron chi connectivity index (χ1n) is 24.9. The molecule has 0 amide bonds. The number of fused-ring (bicyclic) bond motifs is 11. The van der Waals surface area contributed by atoms with Crippen LogP contribution in [0.3, 0.4) is 0 Å². The van der Waals surface area contributed by atoms with Crippen molar-refractivity contribution in [1.82, 2.24) is 4.57 Å². The van der Waals surface area contributed by atoms with Crippen molar-refractivity contribution < 1.29 is 0 Å². The van der Waals surface area contributed by atoms with Gasteiger partial charge < -0.3 is 14.4 Å². The minimum atomic E-state index is -0.0750. The normalized spacial score (nSPS) is 12.6. The minimum Gasteiger partial charge on any atom is -0.311 e. The van der Waals surface area contributed by atoms with Gasteiger partial charge >= 0.3 is 0 Å². The van der Waals surface area contributed by atoms with Gasteiger partial charge in [0.25, 0.3) is 6.71 Å². The smallest absolute Gasteiger partial charge is 0.253 e. The first-order valence-corrected chi connectivity index (χ1v) is 24.9. The maximum absolute atomic E-state index is 2.56. The maximum atomic E-state index is 2.56. The van der Waals surface area contributed by atoms with Crippen LogP contribution in [0.2, 0.25) is 0 Å². The molecule has 334 valence electrons. The highest BCUT2D eigenvalue weighted by Gasteiger charge is 2.45. The predicted molar refractivity (Wildman–Crippen MR) is 306 cm³/mol. The second-order valence-corrected chi connectivity index (χ2v) is 19.2. The van der Waals surface area contributed by atoms with E-state index in [4.69, 9.17) is 0 Å². The van der Waals surface area contributed by atoms with Gasteiger partial charge in [-0.15, -0.1) is 0 Å². The number of hydrogen-bond donors (Lipinski definition) is 0. The third-order valence-electron chi connectivity index (χ3n) is 15.3. The molecule has 12 aromatic carbocycles. The molecule has 2 aliphatic heterocycles. The van der Waals surface area contributed by atoms with Crippen molar-refractivity contribution >= 4 is 101 Å². The van der Waals surface area contributed by atoms with Crippen molar-refractivity contribution in [3.63, 3.8) is 0 Å². The number of aromatic nitrogens is 1. The Kier molecular flexibility index (Phi) is 9.06. The van der Waals surface area contributed by atoms with Gasteiger partial charge in [0, 0.05) is 50.6 Å². The van der Waals surface area contributed by atoms with Crippen LogP contribution in [0, 0.1) is 0 Å². The molecule has 1 aromatic heterocycles. The molecule has 0 radical (unpaired) electrons. The first-order chi connectivity index (χ1) is 35.7. The Balaban J connectivity index is 1.05. The lowest BCUT2D eigenvalue weighted by atomic mass is 9.32. The Labute approximate surface area is 418 Å². The van der Waals surface area contributed by atoms with Gasteiger partial charge in [-0.05, 0) is 144 Å². The zero-order valence-electron chi connectivity index (χ0n) is 39.3. The molecule has 0 spiro atoms. The molecule has 0 fully saturated rings. The van der Waals surface area contributed by atoms with E-state index < -0.39 is 0 Å². The third-order valence-corrected chi connectivity index (χ3v) is 15.3. The van der Waals surface area contributed by atoms with Crippen molar-refractivity contribution in [3.05, 3.63) is 267 Å². The number of nitrogens with zero attached hydrogens (tertiary/aromatic N) is 3. The minimum absolute atomic E-state index is 0.0750. The van der Waals surface area contributed by atoms with Gasteiger partial charge in [0.1, 0.15) is 0 Å². The molecular formula is C68H44BN3. The molecule has 15 rings (SSSR count). The molecule has 4 heteroatoms. The van der Waals surface area contributed by atoms with E-state index in [0.29, 0.717) is 0 Å². The Morgan fingerprint density at radius 3 is 1.21 bits per heavy atom. The summed E-state index contributed by atoms with van der Waals surface area (Å²) in [6.07, 6.45) is 0. The summed E-state index contributed by atoms with van der Waals surface area (Å²) in [5.41, 5.74) is 21.5. The fourth-order valence-electron chi connectivity index (χ4n) is 12.1. The molecule has 0 N–H and O–H groups in total. The number of para-hydroxylation sites is 2. The fraction of sp³-hybridized carbons (Fsp3) is 0. The van der Waals surface area contributed by atoms with Crippen LogP contribution in [-0.4, -0.2) is 11.3 Å². The van der Waals surface area contributed by atoms with Gasteiger partial charge in [0.15, 0.2) is 0 Å². The molecule has 72 heavy (non-hydrogen) atoms. The van der Waals surface area contributed by atoms with Crippen molar-refractivity contribution in [3.8, 4) is 39.1 Å². The van der Waals surface area contributed by atoms with Crippen LogP contribution in [0.4, 0.5) is 34.1 Å². The SMILES string of the molecule is c1ccc(-c2ccc(N3c4cc(-c5ccc6c7ccccc7n(-c7ccccc7)c6c5)cc5c4B(c4c3ccc3ccccc43)c3c(ccc4ccccc34)N5c3ccc(-c4ccccc4)cc3)cc2)cc1. The van der Waals surface area contributed by atoms with Gasteiger partial charge in [0.2, 0.25) is 0 Å². The van der Waals surface area contributed by atoms with E-state index >= 15 is 0 Å². The van der Waals surface area contributed by atoms with Gasteiger partial charge in [-0.1, -0.05) is 194 Å². The van der Waals surface area contributed by atoms with E-state index in [1.54, 1.807) is 0 Å². The molecule has 2 aliphatic rings. The van der Waals surface area contributed by atoms with Crippen LogP contribution >= 0.6 is 0 Å². The largest absolute Gasteiger partial charge is 0.311 e. The average molecular weight is 914 g/mol. The summed E-state index contributed by atoms with van der Waals surface area (Å²) < 4.78 is 2.43. The highest BCUT2D eigenvalue weighted by Crippen LogP contribution is 2.48. The molecule has 3 nitrogen and oxygen atoms in total. The molecular weight excluding hydrogens is 870 g/mol. The van der Waals surface area contributed by atoms with E-state index in [2.05, 4.69) is 281 Å². The summed E-state index contributed by atoms with van der Waals surface area (Å²) in [5, 5.41) is 7.49. The third kappa shape index (κ3) is 6.19. The van der Waals surface area contributed by atoms with Crippen LogP contribution < -0.4 is 26.2 Å². The molecule has 0 bridgehead atoms. The molecule has 3 heterocycles. The molecule has 0 atom stereocenters. The average Bonchev–Trinajstić information content (AvgIpc) is 3.79. The lowest BCUT2D eigenvalue weighted by molar-refractivity contribution is 1.18. The van der Waals surface area contributed by atoms with Crippen molar-refractivity contribution in [2.45, 2.75) is 0 Å². The monoisotopic (exact) mass is 913 g/mol. The molecule has 0 saturated carbocycles. The van der Waals surface area contributed by atoms with Crippen molar-refractivity contribution in [2.75, 3.05) is 9.80 Å². The summed E-state index contributed by atoms with van der Waals surface area (Å²) >= 11 is 0. The van der Waals surface area contributed by atoms with E-state index in [1.807, 2.05) is 0 Å².